The molecule has 1 aliphatic heterocycles. The molecule has 0 aliphatic carbocycles. The van der Waals surface area contributed by atoms with Gasteiger partial charge in [-0.3, -0.25) is 4.79 Å². The maximum absolute atomic E-state index is 13.5. The van der Waals surface area contributed by atoms with Crippen LogP contribution in [0.5, 0.6) is 0 Å². The van der Waals surface area contributed by atoms with Gasteiger partial charge in [-0.05, 0) is 70.9 Å². The molecule has 1 aromatic rings. The van der Waals surface area contributed by atoms with E-state index in [1.165, 1.54) is 25.3 Å². The van der Waals surface area contributed by atoms with Crippen LogP contribution in [0.3, 0.4) is 0 Å². The van der Waals surface area contributed by atoms with E-state index in [0.29, 0.717) is 17.7 Å². The lowest BCUT2D eigenvalue weighted by Gasteiger charge is -2.31. The van der Waals surface area contributed by atoms with E-state index in [1.54, 1.807) is 19.1 Å². The lowest BCUT2D eigenvalue weighted by atomic mass is 9.93. The zero-order valence-corrected chi connectivity index (χ0v) is 14.2. The van der Waals surface area contributed by atoms with Crippen LogP contribution in [-0.4, -0.2) is 44.0 Å². The van der Waals surface area contributed by atoms with E-state index in [1.807, 2.05) is 7.05 Å². The van der Waals surface area contributed by atoms with Gasteiger partial charge in [-0.25, -0.2) is 4.39 Å². The van der Waals surface area contributed by atoms with Crippen molar-refractivity contribution in [2.45, 2.75) is 32.6 Å². The third kappa shape index (κ3) is 5.59. The monoisotopic (exact) mass is 321 g/mol. The maximum Gasteiger partial charge on any atom is 0.225 e. The summed E-state index contributed by atoms with van der Waals surface area (Å²) in [6.45, 7) is 5.68. The number of carbonyl (C=O) groups is 1. The van der Waals surface area contributed by atoms with Crippen LogP contribution < -0.4 is 10.6 Å². The number of likely N-dealkylation sites (tertiary alicyclic amines) is 1. The molecule has 2 rings (SSSR count). The van der Waals surface area contributed by atoms with Crippen molar-refractivity contribution in [3.63, 3.8) is 0 Å². The zero-order chi connectivity index (χ0) is 16.7. The highest BCUT2D eigenvalue weighted by Crippen LogP contribution is 2.20. The van der Waals surface area contributed by atoms with Gasteiger partial charge in [0.05, 0.1) is 0 Å². The summed E-state index contributed by atoms with van der Waals surface area (Å²) in [6, 6.07) is 4.76. The molecule has 0 spiro atoms. The molecule has 0 radical (unpaired) electrons. The lowest BCUT2D eigenvalue weighted by molar-refractivity contribution is -0.116. The molecule has 4 nitrogen and oxygen atoms in total. The van der Waals surface area contributed by atoms with E-state index in [4.69, 9.17) is 0 Å². The van der Waals surface area contributed by atoms with Gasteiger partial charge >= 0.3 is 0 Å². The van der Waals surface area contributed by atoms with Crippen molar-refractivity contribution < 1.29 is 9.18 Å². The molecule has 1 saturated heterocycles. The van der Waals surface area contributed by atoms with Gasteiger partial charge in [-0.15, -0.1) is 0 Å². The minimum absolute atomic E-state index is 0.0454. The molecule has 0 unspecified atom stereocenters. The molecule has 0 atom stereocenters. The summed E-state index contributed by atoms with van der Waals surface area (Å²) >= 11 is 0. The van der Waals surface area contributed by atoms with Gasteiger partial charge in [-0.2, -0.15) is 0 Å². The molecule has 5 heteroatoms. The molecule has 1 amide bonds. The van der Waals surface area contributed by atoms with E-state index in [9.17, 15) is 9.18 Å². The fourth-order valence-electron chi connectivity index (χ4n) is 3.06. The number of nitrogens with zero attached hydrogens (tertiary/aromatic N) is 1. The van der Waals surface area contributed by atoms with Crippen molar-refractivity contribution in [1.82, 2.24) is 10.2 Å². The molecule has 1 aliphatic rings. The predicted molar refractivity (Wildman–Crippen MR) is 92.1 cm³/mol. The topological polar surface area (TPSA) is 44.4 Å². The smallest absolute Gasteiger partial charge is 0.225 e. The Labute approximate surface area is 138 Å². The zero-order valence-electron chi connectivity index (χ0n) is 14.2. The van der Waals surface area contributed by atoms with E-state index < -0.39 is 0 Å². The highest BCUT2D eigenvalue weighted by atomic mass is 19.1. The van der Waals surface area contributed by atoms with E-state index in [0.717, 1.165) is 32.1 Å². The average molecular weight is 321 g/mol. The number of halogens is 1. The Kier molecular flexibility index (Phi) is 6.99. The number of hydrogen-bond acceptors (Lipinski definition) is 3. The molecule has 1 heterocycles. The Morgan fingerprint density at radius 2 is 2.09 bits per heavy atom. The minimum atomic E-state index is -0.286. The second-order valence-corrected chi connectivity index (χ2v) is 6.39. The third-order valence-corrected chi connectivity index (χ3v) is 4.71. The van der Waals surface area contributed by atoms with Crippen LogP contribution in [-0.2, 0) is 4.79 Å². The van der Waals surface area contributed by atoms with Crippen LogP contribution in [0.25, 0.3) is 0 Å². The fourth-order valence-corrected chi connectivity index (χ4v) is 3.06. The maximum atomic E-state index is 13.5. The Morgan fingerprint density at radius 3 is 2.78 bits per heavy atom. The van der Waals surface area contributed by atoms with E-state index in [2.05, 4.69) is 15.5 Å². The van der Waals surface area contributed by atoms with Crippen molar-refractivity contribution in [3.8, 4) is 0 Å². The van der Waals surface area contributed by atoms with Gasteiger partial charge in [0.1, 0.15) is 5.82 Å². The van der Waals surface area contributed by atoms with E-state index in [-0.39, 0.29) is 11.7 Å². The first-order chi connectivity index (χ1) is 11.1. The number of amides is 1. The van der Waals surface area contributed by atoms with Gasteiger partial charge in [-0.1, -0.05) is 6.07 Å². The van der Waals surface area contributed by atoms with Gasteiger partial charge in [0.25, 0.3) is 0 Å². The molecule has 0 bridgehead atoms. The SMILES string of the molecule is CNCCC1CCN(CCC(=O)Nc2cccc(F)c2C)CC1. The van der Waals surface area contributed by atoms with Crippen molar-refractivity contribution in [2.75, 3.05) is 38.5 Å². The first kappa shape index (κ1) is 17.9. The first-order valence-corrected chi connectivity index (χ1v) is 8.52. The number of anilines is 1. The summed E-state index contributed by atoms with van der Waals surface area (Å²) in [5, 5.41) is 6.02. The normalized spacial score (nSPS) is 16.5. The molecule has 0 aromatic heterocycles. The van der Waals surface area contributed by atoms with Gasteiger partial charge < -0.3 is 15.5 Å². The summed E-state index contributed by atoms with van der Waals surface area (Å²) in [7, 11) is 1.99. The predicted octanol–water partition coefficient (Wildman–Crippen LogP) is 2.78. The molecule has 1 fully saturated rings. The Morgan fingerprint density at radius 1 is 1.35 bits per heavy atom. The molecule has 23 heavy (non-hydrogen) atoms. The van der Waals surface area contributed by atoms with Gasteiger partial charge in [0, 0.05) is 24.2 Å². The minimum Gasteiger partial charge on any atom is -0.326 e. The first-order valence-electron chi connectivity index (χ1n) is 8.52. The molecule has 1 aromatic carbocycles. The Hall–Kier alpha value is -1.46. The highest BCUT2D eigenvalue weighted by molar-refractivity contribution is 5.91. The quantitative estimate of drug-likeness (QED) is 0.812. The Bertz CT molecular complexity index is 513. The molecular weight excluding hydrogens is 293 g/mol. The van der Waals surface area contributed by atoms with Crippen LogP contribution in [0.2, 0.25) is 0 Å². The largest absolute Gasteiger partial charge is 0.326 e. The summed E-state index contributed by atoms with van der Waals surface area (Å²) < 4.78 is 13.5. The highest BCUT2D eigenvalue weighted by Gasteiger charge is 2.19. The number of hydrogen-bond donors (Lipinski definition) is 2. The van der Waals surface area contributed by atoms with Crippen LogP contribution in [0, 0.1) is 18.7 Å². The van der Waals surface area contributed by atoms with E-state index >= 15 is 0 Å². The lowest BCUT2D eigenvalue weighted by Crippen LogP contribution is -2.36. The summed E-state index contributed by atoms with van der Waals surface area (Å²) in [5.41, 5.74) is 1.06. The number of carbonyl (C=O) groups excluding carboxylic acids is 1. The van der Waals surface area contributed by atoms with Crippen molar-refractivity contribution >= 4 is 11.6 Å². The molecule has 2 N–H and O–H groups in total. The van der Waals surface area contributed by atoms with Crippen LogP contribution >= 0.6 is 0 Å². The number of piperidine rings is 1. The number of nitrogens with one attached hydrogen (secondary N) is 2. The Balaban J connectivity index is 1.70. The fraction of sp³-hybridized carbons (Fsp3) is 0.611. The van der Waals surface area contributed by atoms with Gasteiger partial charge in [0.2, 0.25) is 5.91 Å². The number of benzene rings is 1. The summed E-state index contributed by atoms with van der Waals surface area (Å²) in [6.07, 6.45) is 4.12. The second-order valence-electron chi connectivity index (χ2n) is 6.39. The number of rotatable bonds is 7. The van der Waals surface area contributed by atoms with Crippen molar-refractivity contribution in [2.24, 2.45) is 5.92 Å². The van der Waals surface area contributed by atoms with Gasteiger partial charge in [0.15, 0.2) is 0 Å². The average Bonchev–Trinajstić information content (AvgIpc) is 2.56. The van der Waals surface area contributed by atoms with Crippen LogP contribution in [0.4, 0.5) is 10.1 Å². The summed E-state index contributed by atoms with van der Waals surface area (Å²) in [4.78, 5) is 14.4. The molecule has 0 saturated carbocycles. The standard InChI is InChI=1S/C18H28FN3O/c1-14-16(19)4-3-5-17(14)21-18(23)9-13-22-11-7-15(8-12-22)6-10-20-2/h3-5,15,20H,6-13H2,1-2H3,(H,21,23). The second kappa shape index (κ2) is 8.99. The van der Waals surface area contributed by atoms with Crippen LogP contribution in [0.15, 0.2) is 18.2 Å². The molecule has 128 valence electrons. The summed E-state index contributed by atoms with van der Waals surface area (Å²) in [5.74, 6) is 0.477. The molecular formula is C18H28FN3O. The van der Waals surface area contributed by atoms with Crippen molar-refractivity contribution in [1.29, 1.82) is 0 Å². The third-order valence-electron chi connectivity index (χ3n) is 4.71. The van der Waals surface area contributed by atoms with Crippen molar-refractivity contribution in [3.05, 3.63) is 29.6 Å². The van der Waals surface area contributed by atoms with Crippen LogP contribution in [0.1, 0.15) is 31.2 Å².